The van der Waals surface area contributed by atoms with E-state index in [-0.39, 0.29) is 17.3 Å². The Kier molecular flexibility index (Phi) is 5.16. The van der Waals surface area contributed by atoms with Crippen molar-refractivity contribution in [1.29, 1.82) is 0 Å². The van der Waals surface area contributed by atoms with Crippen molar-refractivity contribution in [2.45, 2.75) is 77.6 Å². The summed E-state index contributed by atoms with van der Waals surface area (Å²) in [5, 5.41) is 32.2. The minimum absolute atomic E-state index is 0.0305. The summed E-state index contributed by atoms with van der Waals surface area (Å²) < 4.78 is 0. The Bertz CT molecular complexity index is 472. The van der Waals surface area contributed by atoms with Gasteiger partial charge in [0.15, 0.2) is 0 Å². The second-order valence-corrected chi connectivity index (χ2v) is 8.93. The van der Waals surface area contributed by atoms with Gasteiger partial charge in [-0.05, 0) is 63.2 Å². The van der Waals surface area contributed by atoms with Gasteiger partial charge in [-0.3, -0.25) is 0 Å². The molecule has 23 heavy (non-hydrogen) atoms. The molecule has 2 rings (SSSR count). The molecule has 2 aliphatic rings. The number of allylic oxidation sites excluding steroid dienone is 3. The lowest BCUT2D eigenvalue weighted by molar-refractivity contribution is -0.0700. The molecule has 2 unspecified atom stereocenters. The smallest absolute Gasteiger partial charge is 0.0824 e. The Balaban J connectivity index is 2.43. The topological polar surface area (TPSA) is 60.7 Å². The fourth-order valence-corrected chi connectivity index (χ4v) is 4.58. The SMILES string of the molecule is CC1/C=C/[C@@]2(C)CC[C@@H](C(C)(C)O)C2[C@H](O)C[C@](C)(O)/C=C/C1. The first kappa shape index (κ1) is 18.7. The maximum Gasteiger partial charge on any atom is 0.0824 e. The van der Waals surface area contributed by atoms with Crippen LogP contribution in [0.2, 0.25) is 0 Å². The second kappa shape index (κ2) is 6.34. The van der Waals surface area contributed by atoms with Crippen LogP contribution in [0.1, 0.15) is 60.3 Å². The van der Waals surface area contributed by atoms with Crippen molar-refractivity contribution in [1.82, 2.24) is 0 Å². The fraction of sp³-hybridized carbons (Fsp3) is 0.800. The number of aliphatic hydroxyl groups is 3. The van der Waals surface area contributed by atoms with Gasteiger partial charge in [0, 0.05) is 6.42 Å². The van der Waals surface area contributed by atoms with E-state index in [4.69, 9.17) is 0 Å². The van der Waals surface area contributed by atoms with Crippen LogP contribution in [0.25, 0.3) is 0 Å². The molecule has 3 N–H and O–H groups in total. The molecular weight excluding hydrogens is 288 g/mol. The lowest BCUT2D eigenvalue weighted by Crippen LogP contribution is -2.45. The summed E-state index contributed by atoms with van der Waals surface area (Å²) in [7, 11) is 0. The first-order valence-corrected chi connectivity index (χ1v) is 8.94. The van der Waals surface area contributed by atoms with Crippen LogP contribution >= 0.6 is 0 Å². The van der Waals surface area contributed by atoms with Crippen molar-refractivity contribution in [3.8, 4) is 0 Å². The van der Waals surface area contributed by atoms with Crippen LogP contribution in [0.5, 0.6) is 0 Å². The molecule has 3 heteroatoms. The van der Waals surface area contributed by atoms with Gasteiger partial charge in [0.1, 0.15) is 0 Å². The van der Waals surface area contributed by atoms with E-state index in [9.17, 15) is 15.3 Å². The van der Waals surface area contributed by atoms with Crippen LogP contribution in [0, 0.1) is 23.2 Å². The van der Waals surface area contributed by atoms with E-state index in [2.05, 4.69) is 26.0 Å². The Labute approximate surface area is 141 Å². The van der Waals surface area contributed by atoms with E-state index >= 15 is 0 Å². The molecule has 1 saturated carbocycles. The van der Waals surface area contributed by atoms with Gasteiger partial charge in [-0.15, -0.1) is 0 Å². The van der Waals surface area contributed by atoms with E-state index in [1.165, 1.54) is 0 Å². The number of rotatable bonds is 1. The number of aliphatic hydroxyl groups excluding tert-OH is 1. The van der Waals surface area contributed by atoms with Crippen molar-refractivity contribution < 1.29 is 15.3 Å². The van der Waals surface area contributed by atoms with E-state index in [0.717, 1.165) is 19.3 Å². The average molecular weight is 322 g/mol. The fourth-order valence-electron chi connectivity index (χ4n) is 4.58. The quantitative estimate of drug-likeness (QED) is 0.648. The minimum atomic E-state index is -1.02. The lowest BCUT2D eigenvalue weighted by Gasteiger charge is -2.41. The normalized spacial score (nSPS) is 48.3. The van der Waals surface area contributed by atoms with Crippen LogP contribution < -0.4 is 0 Å². The summed E-state index contributed by atoms with van der Waals surface area (Å²) in [5.74, 6) is 0.378. The predicted molar refractivity (Wildman–Crippen MR) is 93.9 cm³/mol. The zero-order valence-electron chi connectivity index (χ0n) is 15.3. The highest BCUT2D eigenvalue weighted by atomic mass is 16.3. The zero-order chi connectivity index (χ0) is 17.5. The van der Waals surface area contributed by atoms with Gasteiger partial charge in [0.05, 0.1) is 17.3 Å². The van der Waals surface area contributed by atoms with E-state index in [1.54, 1.807) is 6.92 Å². The maximum absolute atomic E-state index is 11.0. The molecular formula is C20H34O3. The third-order valence-corrected chi connectivity index (χ3v) is 5.92. The van der Waals surface area contributed by atoms with Gasteiger partial charge in [-0.25, -0.2) is 0 Å². The summed E-state index contributed by atoms with van der Waals surface area (Å²) in [5.41, 5.74) is -1.99. The Hall–Kier alpha value is -0.640. The van der Waals surface area contributed by atoms with Gasteiger partial charge in [0.2, 0.25) is 0 Å². The van der Waals surface area contributed by atoms with Crippen molar-refractivity contribution in [2.24, 2.45) is 23.2 Å². The van der Waals surface area contributed by atoms with Crippen LogP contribution in [0.15, 0.2) is 24.3 Å². The first-order chi connectivity index (χ1) is 10.4. The molecule has 0 aromatic carbocycles. The van der Waals surface area contributed by atoms with E-state index in [1.807, 2.05) is 26.0 Å². The number of hydrogen-bond acceptors (Lipinski definition) is 3. The van der Waals surface area contributed by atoms with Crippen molar-refractivity contribution >= 4 is 0 Å². The Morgan fingerprint density at radius 3 is 2.43 bits per heavy atom. The molecule has 132 valence electrons. The van der Waals surface area contributed by atoms with E-state index in [0.29, 0.717) is 12.3 Å². The Morgan fingerprint density at radius 1 is 1.17 bits per heavy atom. The zero-order valence-corrected chi connectivity index (χ0v) is 15.3. The maximum atomic E-state index is 11.0. The Morgan fingerprint density at radius 2 is 1.83 bits per heavy atom. The molecule has 0 spiro atoms. The summed E-state index contributed by atoms with van der Waals surface area (Å²) in [6, 6.07) is 0. The molecule has 0 aromatic rings. The van der Waals surface area contributed by atoms with Crippen LogP contribution in [0.4, 0.5) is 0 Å². The molecule has 0 saturated heterocycles. The number of hydrogen-bond donors (Lipinski definition) is 3. The average Bonchev–Trinajstić information content (AvgIpc) is 2.73. The first-order valence-electron chi connectivity index (χ1n) is 8.94. The summed E-state index contributed by atoms with van der Waals surface area (Å²) >= 11 is 0. The monoisotopic (exact) mass is 322 g/mol. The summed E-state index contributed by atoms with van der Waals surface area (Å²) in [6.07, 6.45) is 10.7. The highest BCUT2D eigenvalue weighted by Gasteiger charge is 2.52. The van der Waals surface area contributed by atoms with Gasteiger partial charge >= 0.3 is 0 Å². The molecule has 1 fully saturated rings. The highest BCUT2D eigenvalue weighted by Crippen LogP contribution is 2.54. The molecule has 0 radical (unpaired) electrons. The van der Waals surface area contributed by atoms with Crippen LogP contribution in [0.3, 0.4) is 0 Å². The third kappa shape index (κ3) is 4.26. The van der Waals surface area contributed by atoms with Crippen LogP contribution in [-0.4, -0.2) is 32.6 Å². The third-order valence-electron chi connectivity index (χ3n) is 5.92. The van der Waals surface area contributed by atoms with Gasteiger partial charge in [-0.2, -0.15) is 0 Å². The van der Waals surface area contributed by atoms with Crippen LogP contribution in [-0.2, 0) is 0 Å². The molecule has 6 atom stereocenters. The molecule has 0 heterocycles. The molecule has 0 bridgehead atoms. The second-order valence-electron chi connectivity index (χ2n) is 8.93. The van der Waals surface area contributed by atoms with Gasteiger partial charge in [0.25, 0.3) is 0 Å². The molecule has 0 amide bonds. The molecule has 2 aliphatic carbocycles. The summed E-state index contributed by atoms with van der Waals surface area (Å²) in [4.78, 5) is 0. The largest absolute Gasteiger partial charge is 0.393 e. The van der Waals surface area contributed by atoms with Crippen molar-refractivity contribution in [3.05, 3.63) is 24.3 Å². The minimum Gasteiger partial charge on any atom is -0.393 e. The number of fused-ring (bicyclic) bond motifs is 1. The van der Waals surface area contributed by atoms with Crippen molar-refractivity contribution in [3.63, 3.8) is 0 Å². The molecule has 3 nitrogen and oxygen atoms in total. The van der Waals surface area contributed by atoms with Crippen molar-refractivity contribution in [2.75, 3.05) is 0 Å². The van der Waals surface area contributed by atoms with E-state index < -0.39 is 17.3 Å². The summed E-state index contributed by atoms with van der Waals surface area (Å²) in [6.45, 7) is 9.80. The lowest BCUT2D eigenvalue weighted by atomic mass is 9.68. The highest BCUT2D eigenvalue weighted by molar-refractivity contribution is 5.14. The molecule has 0 aliphatic heterocycles. The van der Waals surface area contributed by atoms with Gasteiger partial charge in [-0.1, -0.05) is 38.2 Å². The molecule has 0 aromatic heterocycles. The van der Waals surface area contributed by atoms with Gasteiger partial charge < -0.3 is 15.3 Å². The predicted octanol–water partition coefficient (Wildman–Crippen LogP) is 3.44. The standard InChI is InChI=1S/C20H34O3/c1-14-7-6-10-20(5,23)13-16(21)17-15(18(2,3)22)9-12-19(17,4)11-8-14/h6,8,10-11,14-17,21-23H,7,9,12-13H2,1-5H3/b10-6+,11-8+/t14?,15-,16-,17?,19+,20-/m1/s1.